The molecule has 1 N–H and O–H groups in total. The van der Waals surface area contributed by atoms with Crippen molar-refractivity contribution in [3.8, 4) is 0 Å². The van der Waals surface area contributed by atoms with Gasteiger partial charge in [-0.05, 0) is 22.3 Å². The molecule has 45 heavy (non-hydrogen) atoms. The number of hydrogen-bond donors (Lipinski definition) is 1. The van der Waals surface area contributed by atoms with E-state index in [0.717, 1.165) is 22.3 Å². The molecular weight excluding hydrogens is 568 g/mol. The highest BCUT2D eigenvalue weighted by molar-refractivity contribution is 5.15. The van der Waals surface area contributed by atoms with Crippen LogP contribution < -0.4 is 0 Å². The molecule has 4 rings (SSSR count). The van der Waals surface area contributed by atoms with Crippen molar-refractivity contribution in [2.75, 3.05) is 46.2 Å². The Morgan fingerprint density at radius 1 is 0.378 bits per heavy atom. The lowest BCUT2D eigenvalue weighted by atomic mass is 10.2. The van der Waals surface area contributed by atoms with E-state index in [1.807, 2.05) is 121 Å². The first-order chi connectivity index (χ1) is 22.3. The van der Waals surface area contributed by atoms with E-state index in [0.29, 0.717) is 66.1 Å². The lowest BCUT2D eigenvalue weighted by Gasteiger charge is -2.24. The molecule has 0 amide bonds. The molecule has 0 aliphatic heterocycles. The highest BCUT2D eigenvalue weighted by Crippen LogP contribution is 2.11. The lowest BCUT2D eigenvalue weighted by Crippen LogP contribution is -2.33. The molecule has 0 saturated heterocycles. The van der Waals surface area contributed by atoms with Crippen molar-refractivity contribution in [2.45, 2.75) is 38.6 Å². The summed E-state index contributed by atoms with van der Waals surface area (Å²) in [6.07, 6.45) is -0.601. The highest BCUT2D eigenvalue weighted by atomic mass is 16.6. The molecule has 0 heterocycles. The summed E-state index contributed by atoms with van der Waals surface area (Å²) in [7, 11) is 0. The Hall–Kier alpha value is -3.40. The van der Waals surface area contributed by atoms with Gasteiger partial charge in [0.05, 0.1) is 72.7 Å². The maximum absolute atomic E-state index is 10.2. The van der Waals surface area contributed by atoms with Crippen LogP contribution in [0.2, 0.25) is 0 Å². The largest absolute Gasteiger partial charge is 0.396 e. The van der Waals surface area contributed by atoms with Crippen LogP contribution in [0.15, 0.2) is 121 Å². The minimum Gasteiger partial charge on any atom is -0.396 e. The Bertz CT molecular complexity index is 1070. The zero-order valence-electron chi connectivity index (χ0n) is 26.0. The van der Waals surface area contributed by atoms with Crippen LogP contribution in [0, 0.1) is 5.92 Å². The van der Waals surface area contributed by atoms with Crippen molar-refractivity contribution < 1.29 is 33.5 Å². The van der Waals surface area contributed by atoms with E-state index in [-0.39, 0.29) is 24.7 Å². The molecule has 0 aromatic heterocycles. The van der Waals surface area contributed by atoms with Gasteiger partial charge in [0.25, 0.3) is 0 Å². The maximum atomic E-state index is 10.2. The summed E-state index contributed by atoms with van der Waals surface area (Å²) in [6.45, 7) is 3.93. The van der Waals surface area contributed by atoms with Gasteiger partial charge in [-0.3, -0.25) is 0 Å². The zero-order chi connectivity index (χ0) is 31.2. The lowest BCUT2D eigenvalue weighted by molar-refractivity contribution is -0.106. The third-order valence-electron chi connectivity index (χ3n) is 7.05. The highest BCUT2D eigenvalue weighted by Gasteiger charge is 2.18. The third kappa shape index (κ3) is 14.5. The van der Waals surface area contributed by atoms with Gasteiger partial charge in [-0.2, -0.15) is 0 Å². The topological polar surface area (TPSA) is 75.6 Å². The second-order valence-electron chi connectivity index (χ2n) is 11.0. The minimum absolute atomic E-state index is 0.0784. The molecule has 0 unspecified atom stereocenters. The summed E-state index contributed by atoms with van der Waals surface area (Å²) in [5.41, 5.74) is 4.38. The van der Waals surface area contributed by atoms with Gasteiger partial charge in [-0.25, -0.2) is 0 Å². The Kier molecular flexibility index (Phi) is 16.4. The van der Waals surface area contributed by atoms with Crippen LogP contribution in [0.3, 0.4) is 0 Å². The predicted molar refractivity (Wildman–Crippen MR) is 174 cm³/mol. The number of hydrogen-bond acceptors (Lipinski definition) is 7. The average Bonchev–Trinajstić information content (AvgIpc) is 3.09. The van der Waals surface area contributed by atoms with Crippen molar-refractivity contribution in [1.82, 2.24) is 0 Å². The quantitative estimate of drug-likeness (QED) is 0.106. The molecule has 7 nitrogen and oxygen atoms in total. The van der Waals surface area contributed by atoms with Gasteiger partial charge < -0.3 is 33.5 Å². The van der Waals surface area contributed by atoms with E-state index >= 15 is 0 Å². The van der Waals surface area contributed by atoms with E-state index < -0.39 is 0 Å². The van der Waals surface area contributed by atoms with Crippen molar-refractivity contribution in [3.63, 3.8) is 0 Å². The van der Waals surface area contributed by atoms with Crippen LogP contribution in [0.5, 0.6) is 0 Å². The number of rotatable bonds is 23. The molecule has 4 aromatic rings. The fraction of sp³-hybridized carbons (Fsp3) is 0.368. The molecular formula is C38H46O7. The average molecular weight is 615 g/mol. The molecule has 0 spiro atoms. The molecule has 0 aliphatic rings. The first-order valence-electron chi connectivity index (χ1n) is 15.6. The predicted octanol–water partition coefficient (Wildman–Crippen LogP) is 6.23. The molecule has 0 saturated carbocycles. The Labute approximate surface area is 267 Å². The van der Waals surface area contributed by atoms with Crippen LogP contribution in [0.25, 0.3) is 0 Å². The Balaban J connectivity index is 1.25. The summed E-state index contributed by atoms with van der Waals surface area (Å²) >= 11 is 0. The fourth-order valence-corrected chi connectivity index (χ4v) is 4.52. The van der Waals surface area contributed by atoms with E-state index in [4.69, 9.17) is 28.4 Å². The smallest absolute Gasteiger partial charge is 0.104 e. The Morgan fingerprint density at radius 3 is 0.889 bits per heavy atom. The summed E-state index contributed by atoms with van der Waals surface area (Å²) in [5, 5.41) is 10.2. The van der Waals surface area contributed by atoms with Crippen molar-refractivity contribution in [2.24, 2.45) is 5.92 Å². The van der Waals surface area contributed by atoms with E-state index in [1.165, 1.54) is 0 Å². The van der Waals surface area contributed by atoms with Crippen LogP contribution in [-0.2, 0) is 54.8 Å². The van der Waals surface area contributed by atoms with Crippen LogP contribution in [0.4, 0.5) is 0 Å². The SMILES string of the molecule is OCC(COC(COCc1ccccc1)COCc1ccccc1)COC(COCc1ccccc1)COCc1ccccc1. The molecule has 0 radical (unpaired) electrons. The second kappa shape index (κ2) is 21.4. The van der Waals surface area contributed by atoms with Crippen molar-refractivity contribution in [1.29, 1.82) is 0 Å². The molecule has 0 aliphatic carbocycles. The number of aliphatic hydroxyl groups excluding tert-OH is 1. The van der Waals surface area contributed by atoms with Gasteiger partial charge in [0, 0.05) is 5.92 Å². The van der Waals surface area contributed by atoms with Gasteiger partial charge in [-0.1, -0.05) is 121 Å². The van der Waals surface area contributed by atoms with Crippen LogP contribution in [-0.4, -0.2) is 63.6 Å². The maximum Gasteiger partial charge on any atom is 0.104 e. The van der Waals surface area contributed by atoms with E-state index in [9.17, 15) is 5.11 Å². The fourth-order valence-electron chi connectivity index (χ4n) is 4.52. The molecule has 0 bridgehead atoms. The standard InChI is InChI=1S/C38H46O7/c39-21-36(26-44-37(28-40-22-32-13-5-1-6-14-32)29-41-23-33-15-7-2-8-16-33)27-45-38(30-42-24-34-17-9-3-10-18-34)31-43-25-35-19-11-4-12-20-35/h1-20,36-39H,21-31H2. The van der Waals surface area contributed by atoms with Gasteiger partial charge >= 0.3 is 0 Å². The van der Waals surface area contributed by atoms with Crippen molar-refractivity contribution in [3.05, 3.63) is 144 Å². The van der Waals surface area contributed by atoms with Gasteiger partial charge in [0.2, 0.25) is 0 Å². The minimum atomic E-state index is -0.300. The third-order valence-corrected chi connectivity index (χ3v) is 7.05. The van der Waals surface area contributed by atoms with Crippen molar-refractivity contribution >= 4 is 0 Å². The van der Waals surface area contributed by atoms with Crippen LogP contribution in [0.1, 0.15) is 22.3 Å². The summed E-state index contributed by atoms with van der Waals surface area (Å²) < 4.78 is 36.4. The molecule has 0 atom stereocenters. The summed E-state index contributed by atoms with van der Waals surface area (Å²) in [5.74, 6) is -0.235. The van der Waals surface area contributed by atoms with Gasteiger partial charge in [0.15, 0.2) is 0 Å². The zero-order valence-corrected chi connectivity index (χ0v) is 26.0. The van der Waals surface area contributed by atoms with Gasteiger partial charge in [-0.15, -0.1) is 0 Å². The first-order valence-corrected chi connectivity index (χ1v) is 15.6. The van der Waals surface area contributed by atoms with Crippen LogP contribution >= 0.6 is 0 Å². The molecule has 240 valence electrons. The summed E-state index contributed by atoms with van der Waals surface area (Å²) in [6, 6.07) is 40.2. The van der Waals surface area contributed by atoms with E-state index in [2.05, 4.69) is 0 Å². The van der Waals surface area contributed by atoms with Gasteiger partial charge in [0.1, 0.15) is 12.2 Å². The summed E-state index contributed by atoms with van der Waals surface area (Å²) in [4.78, 5) is 0. The number of ether oxygens (including phenoxy) is 6. The van der Waals surface area contributed by atoms with E-state index in [1.54, 1.807) is 0 Å². The molecule has 0 fully saturated rings. The molecule has 7 heteroatoms. The number of benzene rings is 4. The second-order valence-corrected chi connectivity index (χ2v) is 11.0. The monoisotopic (exact) mass is 614 g/mol. The molecule has 4 aromatic carbocycles. The normalized spacial score (nSPS) is 11.6. The Morgan fingerprint density at radius 2 is 0.644 bits per heavy atom. The number of aliphatic hydroxyl groups is 1. The first kappa shape index (κ1) is 34.5.